The van der Waals surface area contributed by atoms with E-state index in [-0.39, 0.29) is 16.9 Å². The minimum absolute atomic E-state index is 0.0226. The molecule has 3 rings (SSSR count). The van der Waals surface area contributed by atoms with Crippen LogP contribution in [-0.2, 0) is 11.4 Å². The Kier molecular flexibility index (Phi) is 6.81. The molecular formula is C25H26O5S. The van der Waals surface area contributed by atoms with Gasteiger partial charge in [0.2, 0.25) is 0 Å². The van der Waals surface area contributed by atoms with E-state index in [0.717, 1.165) is 16.0 Å². The Hall–Kier alpha value is -3.12. The molecule has 1 N–H and O–H groups in total. The third-order valence-corrected chi connectivity index (χ3v) is 5.66. The third kappa shape index (κ3) is 5.73. The van der Waals surface area contributed by atoms with E-state index in [1.165, 1.54) is 0 Å². The normalized spacial score (nSPS) is 11.2. The number of phenols is 1. The number of hydrogen-bond donors (Lipinski definition) is 1. The molecule has 0 fully saturated rings. The van der Waals surface area contributed by atoms with Gasteiger partial charge in [0, 0.05) is 16.9 Å². The number of carbonyl (C=O) groups excluding carboxylic acids is 2. The molecule has 0 aliphatic carbocycles. The zero-order valence-corrected chi connectivity index (χ0v) is 18.9. The molecule has 0 saturated heterocycles. The average molecular weight is 439 g/mol. The predicted octanol–water partition coefficient (Wildman–Crippen LogP) is 6.16. The number of ether oxygens (including phenoxy) is 2. The summed E-state index contributed by atoms with van der Waals surface area (Å²) in [4.78, 5) is 24.0. The van der Waals surface area contributed by atoms with Gasteiger partial charge in [0.1, 0.15) is 23.9 Å². The number of Topliss-reactive ketones (excluding diaryl/α,β-unsaturated/α-hetero) is 1. The predicted molar refractivity (Wildman–Crippen MR) is 122 cm³/mol. The summed E-state index contributed by atoms with van der Waals surface area (Å²) in [5.74, 6) is 0.929. The van der Waals surface area contributed by atoms with Gasteiger partial charge in [0.25, 0.3) is 6.47 Å². The van der Waals surface area contributed by atoms with Gasteiger partial charge in [-0.2, -0.15) is 0 Å². The first-order chi connectivity index (χ1) is 14.7. The van der Waals surface area contributed by atoms with Crippen LogP contribution in [-0.4, -0.2) is 17.4 Å². The smallest absolute Gasteiger partial charge is 0.298 e. The highest BCUT2D eigenvalue weighted by atomic mass is 32.1. The van der Waals surface area contributed by atoms with E-state index in [9.17, 15) is 14.7 Å². The monoisotopic (exact) mass is 438 g/mol. The van der Waals surface area contributed by atoms with E-state index in [2.05, 4.69) is 0 Å². The third-order valence-electron chi connectivity index (χ3n) is 4.75. The van der Waals surface area contributed by atoms with Crippen LogP contribution >= 0.6 is 11.3 Å². The molecule has 6 heteroatoms. The summed E-state index contributed by atoms with van der Waals surface area (Å²) in [5.41, 5.74) is 2.67. The molecule has 3 aromatic rings. The number of thiophene rings is 1. The Balaban J connectivity index is 1.71. The maximum atomic E-state index is 12.5. The molecule has 31 heavy (non-hydrogen) atoms. The van der Waals surface area contributed by atoms with Crippen LogP contribution < -0.4 is 9.47 Å². The van der Waals surface area contributed by atoms with Crippen molar-refractivity contribution < 1.29 is 24.2 Å². The van der Waals surface area contributed by atoms with Crippen molar-refractivity contribution in [2.75, 3.05) is 0 Å². The number of hydrogen-bond acceptors (Lipinski definition) is 6. The Morgan fingerprint density at radius 2 is 1.90 bits per heavy atom. The molecule has 0 saturated carbocycles. The number of ketones is 1. The van der Waals surface area contributed by atoms with Crippen LogP contribution in [0.1, 0.15) is 48.0 Å². The summed E-state index contributed by atoms with van der Waals surface area (Å²) >= 11 is 1.56. The quantitative estimate of drug-likeness (QED) is 0.337. The summed E-state index contributed by atoms with van der Waals surface area (Å²) in [6.07, 6.45) is 0.358. The molecule has 0 aliphatic rings. The zero-order chi connectivity index (χ0) is 22.6. The van der Waals surface area contributed by atoms with E-state index >= 15 is 0 Å². The highest BCUT2D eigenvalue weighted by molar-refractivity contribution is 7.10. The van der Waals surface area contributed by atoms with Crippen LogP contribution in [0.2, 0.25) is 0 Å². The van der Waals surface area contributed by atoms with Gasteiger partial charge >= 0.3 is 0 Å². The Morgan fingerprint density at radius 1 is 1.13 bits per heavy atom. The highest BCUT2D eigenvalue weighted by Crippen LogP contribution is 2.34. The van der Waals surface area contributed by atoms with Crippen LogP contribution in [0.25, 0.3) is 11.1 Å². The van der Waals surface area contributed by atoms with Gasteiger partial charge in [-0.25, -0.2) is 0 Å². The van der Waals surface area contributed by atoms with Gasteiger partial charge in [0.05, 0.1) is 5.56 Å². The second-order valence-corrected chi connectivity index (χ2v) is 9.57. The molecule has 162 valence electrons. The molecule has 0 radical (unpaired) electrons. The summed E-state index contributed by atoms with van der Waals surface area (Å²) in [7, 11) is 0. The number of carbonyl (C=O) groups is 2. The van der Waals surface area contributed by atoms with Crippen molar-refractivity contribution in [1.29, 1.82) is 0 Å². The lowest BCUT2D eigenvalue weighted by Gasteiger charge is -2.18. The van der Waals surface area contributed by atoms with E-state index in [1.807, 2.05) is 44.4 Å². The Labute approximate surface area is 186 Å². The van der Waals surface area contributed by atoms with Crippen molar-refractivity contribution >= 4 is 23.6 Å². The molecular weight excluding hydrogens is 412 g/mol. The van der Waals surface area contributed by atoms with Gasteiger partial charge in [0.15, 0.2) is 5.78 Å². The van der Waals surface area contributed by atoms with E-state index < -0.39 is 0 Å². The highest BCUT2D eigenvalue weighted by Gasteiger charge is 2.21. The van der Waals surface area contributed by atoms with Crippen molar-refractivity contribution in [2.45, 2.75) is 40.7 Å². The molecule has 0 atom stereocenters. The topological polar surface area (TPSA) is 72.8 Å². The first kappa shape index (κ1) is 22.6. The first-order valence-electron chi connectivity index (χ1n) is 9.94. The first-order valence-corrected chi connectivity index (χ1v) is 10.8. The van der Waals surface area contributed by atoms with Crippen LogP contribution in [0.5, 0.6) is 17.2 Å². The number of rotatable bonds is 8. The minimum Gasteiger partial charge on any atom is -0.507 e. The fourth-order valence-electron chi connectivity index (χ4n) is 3.20. The van der Waals surface area contributed by atoms with Crippen molar-refractivity contribution in [3.63, 3.8) is 0 Å². The molecule has 1 heterocycles. The van der Waals surface area contributed by atoms with E-state index in [4.69, 9.17) is 9.47 Å². The maximum Gasteiger partial charge on any atom is 0.298 e. The van der Waals surface area contributed by atoms with Crippen LogP contribution in [0.4, 0.5) is 0 Å². The minimum atomic E-state index is -0.150. The fourth-order valence-corrected chi connectivity index (χ4v) is 4.01. The van der Waals surface area contributed by atoms with Crippen molar-refractivity contribution in [1.82, 2.24) is 0 Å². The van der Waals surface area contributed by atoms with Gasteiger partial charge in [-0.15, -0.1) is 11.3 Å². The van der Waals surface area contributed by atoms with Crippen LogP contribution in [0, 0.1) is 12.3 Å². The Morgan fingerprint density at radius 3 is 2.61 bits per heavy atom. The Bertz CT molecular complexity index is 1090. The van der Waals surface area contributed by atoms with Gasteiger partial charge in [-0.3, -0.25) is 9.59 Å². The lowest BCUT2D eigenvalue weighted by atomic mass is 9.87. The molecule has 0 unspecified atom stereocenters. The lowest BCUT2D eigenvalue weighted by Crippen LogP contribution is -2.13. The molecule has 0 aliphatic heterocycles. The molecule has 0 spiro atoms. The van der Waals surface area contributed by atoms with Crippen LogP contribution in [0.3, 0.4) is 0 Å². The largest absolute Gasteiger partial charge is 0.507 e. The summed E-state index contributed by atoms with van der Waals surface area (Å²) in [6.45, 7) is 8.47. The number of benzene rings is 2. The molecule has 1 aromatic heterocycles. The second-order valence-electron chi connectivity index (χ2n) is 8.58. The molecule has 0 amide bonds. The molecule has 0 bridgehead atoms. The van der Waals surface area contributed by atoms with Gasteiger partial charge in [-0.1, -0.05) is 32.9 Å². The second kappa shape index (κ2) is 9.35. The summed E-state index contributed by atoms with van der Waals surface area (Å²) in [6, 6.07) is 12.7. The lowest BCUT2D eigenvalue weighted by molar-refractivity contribution is -0.120. The summed E-state index contributed by atoms with van der Waals surface area (Å²) in [5, 5.41) is 12.5. The SMILES string of the molecule is Cc1c(OCc2cc(-c3cccc(OC=O)c3)cs2)ccc(C(=O)CC(C)(C)C)c1O. The maximum absolute atomic E-state index is 12.5. The van der Waals surface area contributed by atoms with Gasteiger partial charge < -0.3 is 14.6 Å². The van der Waals surface area contributed by atoms with E-state index in [1.54, 1.807) is 42.5 Å². The number of phenolic OH excluding ortho intramolecular Hbond substituents is 1. The van der Waals surface area contributed by atoms with Gasteiger partial charge in [-0.05, 0) is 59.2 Å². The van der Waals surface area contributed by atoms with Crippen molar-refractivity contribution in [3.05, 3.63) is 63.8 Å². The molecule has 5 nitrogen and oxygen atoms in total. The van der Waals surface area contributed by atoms with E-state index in [0.29, 0.717) is 42.1 Å². The zero-order valence-electron chi connectivity index (χ0n) is 18.1. The van der Waals surface area contributed by atoms with Crippen LogP contribution in [0.15, 0.2) is 47.8 Å². The summed E-state index contributed by atoms with van der Waals surface area (Å²) < 4.78 is 10.8. The molecule has 2 aromatic carbocycles. The average Bonchev–Trinajstić information content (AvgIpc) is 3.17. The standard InChI is InChI=1S/C25H26O5S/c1-16-23(9-8-21(24(16)28)22(27)12-25(2,3)4)29-13-20-11-18(14-31-20)17-6-5-7-19(10-17)30-15-26/h5-11,14-15,28H,12-13H2,1-4H3. The van der Waals surface area contributed by atoms with Crippen molar-refractivity contribution in [2.24, 2.45) is 5.41 Å². The number of aromatic hydroxyl groups is 1. The van der Waals surface area contributed by atoms with Crippen molar-refractivity contribution in [3.8, 4) is 28.4 Å². The fraction of sp³-hybridized carbons (Fsp3) is 0.280.